The molecule has 1 aromatic heterocycles. The second-order valence-electron chi connectivity index (χ2n) is 2.92. The second kappa shape index (κ2) is 3.08. The van der Waals surface area contributed by atoms with Crippen molar-refractivity contribution >= 4 is 10.8 Å². The van der Waals surface area contributed by atoms with Crippen LogP contribution < -0.4 is 5.56 Å². The van der Waals surface area contributed by atoms with Gasteiger partial charge in [-0.2, -0.15) is 5.10 Å². The molecular formula is C9H5F3N2O. The predicted octanol–water partition coefficient (Wildman–Crippen LogP) is 1.87. The Kier molecular flexibility index (Phi) is 1.99. The van der Waals surface area contributed by atoms with E-state index in [9.17, 15) is 18.0 Å². The molecule has 1 aromatic carbocycles. The minimum Gasteiger partial charge on any atom is -0.267 e. The molecular weight excluding hydrogens is 209 g/mol. The summed E-state index contributed by atoms with van der Waals surface area (Å²) in [5.41, 5.74) is -1.15. The average Bonchev–Trinajstić information content (AvgIpc) is 2.16. The van der Waals surface area contributed by atoms with Gasteiger partial charge in [0.25, 0.3) is 5.56 Å². The van der Waals surface area contributed by atoms with E-state index in [0.29, 0.717) is 5.39 Å². The zero-order valence-corrected chi connectivity index (χ0v) is 7.32. The van der Waals surface area contributed by atoms with Crippen molar-refractivity contribution in [3.8, 4) is 0 Å². The van der Waals surface area contributed by atoms with Crippen LogP contribution in [0.25, 0.3) is 10.8 Å². The van der Waals surface area contributed by atoms with Crippen LogP contribution in [0.2, 0.25) is 0 Å². The summed E-state index contributed by atoms with van der Waals surface area (Å²) < 4.78 is 36.4. The molecule has 0 aliphatic carbocycles. The first-order chi connectivity index (χ1) is 7.00. The third kappa shape index (κ3) is 1.58. The van der Waals surface area contributed by atoms with Crippen LogP contribution in [-0.4, -0.2) is 9.78 Å². The number of aromatic nitrogens is 2. The summed E-state index contributed by atoms with van der Waals surface area (Å²) in [6.45, 7) is 0. The van der Waals surface area contributed by atoms with Crippen molar-refractivity contribution in [2.75, 3.05) is 0 Å². The van der Waals surface area contributed by atoms with Crippen molar-refractivity contribution in [3.63, 3.8) is 0 Å². The molecule has 0 saturated carbocycles. The summed E-state index contributed by atoms with van der Waals surface area (Å²) >= 11 is 0. The van der Waals surface area contributed by atoms with Gasteiger partial charge in [0.2, 0.25) is 0 Å². The Balaban J connectivity index is 2.83. The first-order valence-electron chi connectivity index (χ1n) is 4.04. The lowest BCUT2D eigenvalue weighted by molar-refractivity contribution is -0.215. The van der Waals surface area contributed by atoms with Crippen molar-refractivity contribution in [3.05, 3.63) is 40.8 Å². The average molecular weight is 214 g/mol. The summed E-state index contributed by atoms with van der Waals surface area (Å²) in [5, 5.41) is 3.45. The largest absolute Gasteiger partial charge is 0.507 e. The molecule has 0 amide bonds. The Morgan fingerprint density at radius 1 is 1.20 bits per heavy atom. The zero-order valence-electron chi connectivity index (χ0n) is 7.32. The van der Waals surface area contributed by atoms with Gasteiger partial charge in [0.1, 0.15) is 0 Å². The van der Waals surface area contributed by atoms with Crippen LogP contribution in [-0.2, 0) is 6.30 Å². The summed E-state index contributed by atoms with van der Waals surface area (Å²) in [6.07, 6.45) is -3.76. The molecule has 0 N–H and O–H groups in total. The van der Waals surface area contributed by atoms with E-state index in [4.69, 9.17) is 0 Å². The maximum Gasteiger partial charge on any atom is 0.507 e. The Labute approximate surface area is 81.8 Å². The van der Waals surface area contributed by atoms with Gasteiger partial charge in [0.15, 0.2) is 0 Å². The first kappa shape index (κ1) is 9.70. The van der Waals surface area contributed by atoms with Crippen LogP contribution in [0.5, 0.6) is 0 Å². The van der Waals surface area contributed by atoms with E-state index in [0.717, 1.165) is 6.20 Å². The third-order valence-corrected chi connectivity index (χ3v) is 1.94. The van der Waals surface area contributed by atoms with Gasteiger partial charge in [-0.1, -0.05) is 18.2 Å². The van der Waals surface area contributed by atoms with Gasteiger partial charge in [-0.15, -0.1) is 17.9 Å². The molecule has 2 rings (SSSR count). The number of nitrogens with zero attached hydrogens (tertiary/aromatic N) is 2. The van der Waals surface area contributed by atoms with Gasteiger partial charge in [0, 0.05) is 5.39 Å². The molecule has 0 aliphatic rings. The van der Waals surface area contributed by atoms with E-state index in [1.807, 2.05) is 0 Å². The van der Waals surface area contributed by atoms with Crippen molar-refractivity contribution < 1.29 is 13.2 Å². The Morgan fingerprint density at radius 3 is 2.53 bits per heavy atom. The molecule has 0 spiro atoms. The molecule has 0 radical (unpaired) electrons. The highest BCUT2D eigenvalue weighted by Gasteiger charge is 2.33. The minimum atomic E-state index is -4.78. The fraction of sp³-hybridized carbons (Fsp3) is 0.111. The zero-order chi connectivity index (χ0) is 11.1. The fourth-order valence-electron chi connectivity index (χ4n) is 1.27. The molecule has 0 bridgehead atoms. The lowest BCUT2D eigenvalue weighted by atomic mass is 10.2. The van der Waals surface area contributed by atoms with Crippen LogP contribution in [0.15, 0.2) is 35.3 Å². The van der Waals surface area contributed by atoms with Crippen LogP contribution in [0.4, 0.5) is 13.2 Å². The number of alkyl halides is 3. The topological polar surface area (TPSA) is 34.9 Å². The summed E-state index contributed by atoms with van der Waals surface area (Å²) in [6, 6.07) is 6.00. The van der Waals surface area contributed by atoms with Gasteiger partial charge in [-0.25, -0.2) is 0 Å². The molecule has 0 aliphatic heterocycles. The van der Waals surface area contributed by atoms with E-state index in [1.165, 1.54) is 18.2 Å². The van der Waals surface area contributed by atoms with E-state index >= 15 is 0 Å². The summed E-state index contributed by atoms with van der Waals surface area (Å²) in [4.78, 5) is 11.4. The Bertz CT molecular complexity index is 559. The fourth-order valence-corrected chi connectivity index (χ4v) is 1.27. The van der Waals surface area contributed by atoms with Gasteiger partial charge >= 0.3 is 6.30 Å². The van der Waals surface area contributed by atoms with Crippen molar-refractivity contribution in [1.29, 1.82) is 0 Å². The molecule has 6 heteroatoms. The molecule has 15 heavy (non-hydrogen) atoms. The number of benzene rings is 1. The first-order valence-corrected chi connectivity index (χ1v) is 4.04. The molecule has 0 atom stereocenters. The molecule has 78 valence electrons. The molecule has 0 fully saturated rings. The standard InChI is InChI=1S/C9H5F3N2O/c10-9(11,12)14-8(15)7-4-2-1-3-6(7)5-13-14/h1-5H. The Morgan fingerprint density at radius 2 is 1.87 bits per heavy atom. The van der Waals surface area contributed by atoms with E-state index in [1.54, 1.807) is 6.07 Å². The number of hydrogen-bond acceptors (Lipinski definition) is 2. The molecule has 3 nitrogen and oxygen atoms in total. The van der Waals surface area contributed by atoms with Crippen LogP contribution in [0.1, 0.15) is 0 Å². The highest BCUT2D eigenvalue weighted by Crippen LogP contribution is 2.19. The predicted molar refractivity (Wildman–Crippen MR) is 47.3 cm³/mol. The van der Waals surface area contributed by atoms with Gasteiger partial charge in [-0.05, 0) is 6.07 Å². The quantitative estimate of drug-likeness (QED) is 0.671. The van der Waals surface area contributed by atoms with Gasteiger partial charge in [-0.3, -0.25) is 4.79 Å². The van der Waals surface area contributed by atoms with E-state index < -0.39 is 16.5 Å². The minimum absolute atomic E-state index is 0.00447. The maximum absolute atomic E-state index is 12.3. The summed E-state index contributed by atoms with van der Waals surface area (Å²) in [7, 11) is 0. The molecule has 0 saturated heterocycles. The number of hydrogen-bond donors (Lipinski definition) is 0. The SMILES string of the molecule is O=c1c2ccccc2cnn1C(F)(F)F. The smallest absolute Gasteiger partial charge is 0.267 e. The number of rotatable bonds is 0. The summed E-state index contributed by atoms with van der Waals surface area (Å²) in [5.74, 6) is 0. The van der Waals surface area contributed by atoms with E-state index in [2.05, 4.69) is 5.10 Å². The lowest BCUT2D eigenvalue weighted by Crippen LogP contribution is -2.32. The normalized spacial score (nSPS) is 11.9. The van der Waals surface area contributed by atoms with Crippen LogP contribution >= 0.6 is 0 Å². The third-order valence-electron chi connectivity index (χ3n) is 1.94. The lowest BCUT2D eigenvalue weighted by Gasteiger charge is -2.08. The molecule has 0 unspecified atom stereocenters. The van der Waals surface area contributed by atoms with Gasteiger partial charge < -0.3 is 0 Å². The second-order valence-corrected chi connectivity index (χ2v) is 2.92. The van der Waals surface area contributed by atoms with E-state index in [-0.39, 0.29) is 5.39 Å². The van der Waals surface area contributed by atoms with Gasteiger partial charge in [0.05, 0.1) is 11.6 Å². The van der Waals surface area contributed by atoms with Crippen molar-refractivity contribution in [2.24, 2.45) is 0 Å². The highest BCUT2D eigenvalue weighted by molar-refractivity contribution is 5.80. The maximum atomic E-state index is 12.3. The van der Waals surface area contributed by atoms with Crippen LogP contribution in [0, 0.1) is 0 Å². The van der Waals surface area contributed by atoms with Crippen molar-refractivity contribution in [2.45, 2.75) is 6.30 Å². The van der Waals surface area contributed by atoms with Crippen molar-refractivity contribution in [1.82, 2.24) is 9.78 Å². The molecule has 2 aromatic rings. The highest BCUT2D eigenvalue weighted by atomic mass is 19.4. The number of halogens is 3. The monoisotopic (exact) mass is 214 g/mol. The number of fused-ring (bicyclic) bond motifs is 1. The molecule has 1 heterocycles. The van der Waals surface area contributed by atoms with Crippen LogP contribution in [0.3, 0.4) is 0 Å². The Hall–Kier alpha value is -1.85.